The smallest absolute Gasteiger partial charge is 0.157 e. The van der Waals surface area contributed by atoms with E-state index in [9.17, 15) is 0 Å². The zero-order chi connectivity index (χ0) is 19.3. The van der Waals surface area contributed by atoms with Crippen LogP contribution in [0.25, 0.3) is 10.8 Å². The number of amidine groups is 1. The Kier molecular flexibility index (Phi) is 5.78. The Morgan fingerprint density at radius 1 is 1.18 bits per heavy atom. The number of thioether (sulfide) groups is 1. The maximum absolute atomic E-state index is 6.30. The first kappa shape index (κ1) is 18.8. The summed E-state index contributed by atoms with van der Waals surface area (Å²) >= 11 is 1.76. The van der Waals surface area contributed by atoms with Crippen LogP contribution >= 0.6 is 11.8 Å². The summed E-state index contributed by atoms with van der Waals surface area (Å²) in [5.41, 5.74) is 8.75. The molecule has 1 aliphatic rings. The molecule has 144 valence electrons. The van der Waals surface area contributed by atoms with Crippen LogP contribution in [0.5, 0.6) is 5.75 Å². The van der Waals surface area contributed by atoms with Gasteiger partial charge in [-0.1, -0.05) is 36.0 Å². The lowest BCUT2D eigenvalue weighted by molar-refractivity contribution is 0.414. The van der Waals surface area contributed by atoms with Crippen molar-refractivity contribution < 1.29 is 4.74 Å². The van der Waals surface area contributed by atoms with Gasteiger partial charge in [-0.2, -0.15) is 0 Å². The average Bonchev–Trinajstić information content (AvgIpc) is 3.21. The zero-order valence-electron chi connectivity index (χ0n) is 15.8. The van der Waals surface area contributed by atoms with Crippen molar-refractivity contribution in [3.8, 4) is 5.75 Å². The Hall–Kier alpha value is -2.57. The molecule has 2 atom stereocenters. The second-order valence-corrected chi connectivity index (χ2v) is 7.95. The highest BCUT2D eigenvalue weighted by molar-refractivity contribution is 8.14. The van der Waals surface area contributed by atoms with Crippen LogP contribution in [0, 0.1) is 0 Å². The van der Waals surface area contributed by atoms with Crippen LogP contribution in [-0.4, -0.2) is 35.6 Å². The molecule has 0 saturated carbocycles. The fourth-order valence-electron chi connectivity index (χ4n) is 3.31. The molecule has 0 saturated heterocycles. The number of rotatable bonds is 6. The first-order chi connectivity index (χ1) is 13.7. The van der Waals surface area contributed by atoms with E-state index in [-0.39, 0.29) is 12.1 Å². The van der Waals surface area contributed by atoms with E-state index in [1.54, 1.807) is 18.9 Å². The molecular formula is C22H24N4OS. The van der Waals surface area contributed by atoms with Crippen molar-refractivity contribution in [2.24, 2.45) is 10.7 Å². The van der Waals surface area contributed by atoms with Gasteiger partial charge in [-0.25, -0.2) is 0 Å². The maximum atomic E-state index is 6.30. The first-order valence-corrected chi connectivity index (χ1v) is 10.4. The third-order valence-corrected chi connectivity index (χ3v) is 5.88. The topological polar surface area (TPSA) is 72.5 Å². The summed E-state index contributed by atoms with van der Waals surface area (Å²) in [6.45, 7) is 0.702. The second kappa shape index (κ2) is 8.63. The number of nitrogens with zero attached hydrogens (tertiary/aromatic N) is 2. The van der Waals surface area contributed by atoms with Gasteiger partial charge in [-0.3, -0.25) is 9.98 Å². The number of hydrogen-bond acceptors (Lipinski definition) is 6. The van der Waals surface area contributed by atoms with Gasteiger partial charge in [0.15, 0.2) is 5.17 Å². The van der Waals surface area contributed by atoms with Gasteiger partial charge in [-0.05, 0) is 47.2 Å². The molecule has 1 aromatic heterocycles. The van der Waals surface area contributed by atoms with Crippen molar-refractivity contribution in [1.29, 1.82) is 0 Å². The summed E-state index contributed by atoms with van der Waals surface area (Å²) in [4.78, 5) is 9.02. The van der Waals surface area contributed by atoms with Crippen molar-refractivity contribution in [2.75, 3.05) is 19.4 Å². The van der Waals surface area contributed by atoms with Gasteiger partial charge in [0.05, 0.1) is 13.2 Å². The standard InChI is InChI=1S/C22H24N4OS/c1-27-20-6-2-15(3-7-20)10-19(23)13-25-22-26-21(14-28-22)17-4-5-18-12-24-9-8-16(18)11-17/h2-9,11-12,19,21H,10,13-14,23H2,1H3,(H,25,26)/t19-,21?/m0/s1. The number of benzene rings is 2. The molecule has 2 heterocycles. The van der Waals surface area contributed by atoms with Crippen LogP contribution in [0.4, 0.5) is 0 Å². The predicted octanol–water partition coefficient (Wildman–Crippen LogP) is 3.55. The van der Waals surface area contributed by atoms with Crippen LogP contribution in [0.15, 0.2) is 65.9 Å². The van der Waals surface area contributed by atoms with E-state index < -0.39 is 0 Å². The van der Waals surface area contributed by atoms with Crippen molar-refractivity contribution in [3.05, 3.63) is 72.1 Å². The van der Waals surface area contributed by atoms with Crippen molar-refractivity contribution in [1.82, 2.24) is 10.3 Å². The molecule has 2 aromatic carbocycles. The van der Waals surface area contributed by atoms with Gasteiger partial charge in [0.25, 0.3) is 0 Å². The molecule has 0 fully saturated rings. The van der Waals surface area contributed by atoms with Gasteiger partial charge in [0.1, 0.15) is 5.75 Å². The summed E-state index contributed by atoms with van der Waals surface area (Å²) < 4.78 is 5.19. The molecule has 4 rings (SSSR count). The number of aromatic nitrogens is 1. The fourth-order valence-corrected chi connectivity index (χ4v) is 4.28. The van der Waals surface area contributed by atoms with E-state index in [1.165, 1.54) is 16.5 Å². The van der Waals surface area contributed by atoms with E-state index in [4.69, 9.17) is 15.5 Å². The van der Waals surface area contributed by atoms with E-state index in [1.807, 2.05) is 30.6 Å². The molecule has 0 bridgehead atoms. The molecule has 0 amide bonds. The number of pyridine rings is 1. The van der Waals surface area contributed by atoms with E-state index in [2.05, 4.69) is 40.6 Å². The van der Waals surface area contributed by atoms with Gasteiger partial charge in [0, 0.05) is 36.1 Å². The molecule has 0 radical (unpaired) electrons. The SMILES string of the molecule is COc1ccc(C[C@H](N)CNC2=NC(c3ccc4cnccc4c3)CS2)cc1. The summed E-state index contributed by atoms with van der Waals surface area (Å²) in [5, 5.41) is 6.75. The van der Waals surface area contributed by atoms with Gasteiger partial charge in [0.2, 0.25) is 0 Å². The highest BCUT2D eigenvalue weighted by Crippen LogP contribution is 2.31. The Balaban J connectivity index is 1.33. The van der Waals surface area contributed by atoms with Crippen molar-refractivity contribution in [3.63, 3.8) is 0 Å². The highest BCUT2D eigenvalue weighted by Gasteiger charge is 2.20. The summed E-state index contributed by atoms with van der Waals surface area (Å²) in [5.74, 6) is 1.82. The van der Waals surface area contributed by atoms with E-state index >= 15 is 0 Å². The summed E-state index contributed by atoms with van der Waals surface area (Å²) in [6.07, 6.45) is 4.54. The fraction of sp³-hybridized carbons (Fsp3) is 0.273. The lowest BCUT2D eigenvalue weighted by Crippen LogP contribution is -2.37. The van der Waals surface area contributed by atoms with Gasteiger partial charge in [-0.15, -0.1) is 0 Å². The van der Waals surface area contributed by atoms with Crippen LogP contribution in [0.2, 0.25) is 0 Å². The number of hydrogen-bond donors (Lipinski definition) is 2. The number of fused-ring (bicyclic) bond motifs is 1. The average molecular weight is 393 g/mol. The first-order valence-electron chi connectivity index (χ1n) is 9.38. The number of methoxy groups -OCH3 is 1. The quantitative estimate of drug-likeness (QED) is 0.671. The molecule has 1 unspecified atom stereocenters. The number of aliphatic imine (C=N–C) groups is 1. The molecule has 5 nitrogen and oxygen atoms in total. The lowest BCUT2D eigenvalue weighted by atomic mass is 10.0. The minimum Gasteiger partial charge on any atom is -0.497 e. The molecule has 28 heavy (non-hydrogen) atoms. The third-order valence-electron chi connectivity index (χ3n) is 4.87. The molecule has 0 spiro atoms. The van der Waals surface area contributed by atoms with E-state index in [0.717, 1.165) is 28.5 Å². The Labute approximate surface area is 169 Å². The third kappa shape index (κ3) is 4.46. The largest absolute Gasteiger partial charge is 0.497 e. The van der Waals surface area contributed by atoms with Crippen molar-refractivity contribution >= 4 is 27.7 Å². The van der Waals surface area contributed by atoms with Crippen LogP contribution in [-0.2, 0) is 6.42 Å². The zero-order valence-corrected chi connectivity index (χ0v) is 16.7. The lowest BCUT2D eigenvalue weighted by Gasteiger charge is -2.13. The molecule has 0 aliphatic carbocycles. The summed E-state index contributed by atoms with van der Waals surface area (Å²) in [6, 6.07) is 16.8. The van der Waals surface area contributed by atoms with Crippen LogP contribution in [0.3, 0.4) is 0 Å². The molecule has 6 heteroatoms. The van der Waals surface area contributed by atoms with Crippen LogP contribution in [0.1, 0.15) is 17.2 Å². The Morgan fingerprint density at radius 2 is 2.04 bits per heavy atom. The molecule has 3 aromatic rings. The van der Waals surface area contributed by atoms with Crippen molar-refractivity contribution in [2.45, 2.75) is 18.5 Å². The van der Waals surface area contributed by atoms with Crippen LogP contribution < -0.4 is 15.8 Å². The number of nitrogens with two attached hydrogens (primary N) is 1. The molecule has 3 N–H and O–H groups in total. The minimum absolute atomic E-state index is 0.0314. The Morgan fingerprint density at radius 3 is 2.86 bits per heavy atom. The normalized spacial score (nSPS) is 17.4. The summed E-state index contributed by atoms with van der Waals surface area (Å²) in [7, 11) is 1.67. The highest BCUT2D eigenvalue weighted by atomic mass is 32.2. The maximum Gasteiger partial charge on any atom is 0.157 e. The molecule has 1 aliphatic heterocycles. The van der Waals surface area contributed by atoms with Gasteiger partial charge < -0.3 is 15.8 Å². The monoisotopic (exact) mass is 392 g/mol. The number of nitrogens with one attached hydrogen (secondary N) is 1. The molecular weight excluding hydrogens is 368 g/mol. The number of ether oxygens (including phenoxy) is 1. The predicted molar refractivity (Wildman–Crippen MR) is 117 cm³/mol. The van der Waals surface area contributed by atoms with E-state index in [0.29, 0.717) is 6.54 Å². The second-order valence-electron chi connectivity index (χ2n) is 6.94. The van der Waals surface area contributed by atoms with Gasteiger partial charge >= 0.3 is 0 Å². The Bertz CT molecular complexity index is 974. The minimum atomic E-state index is 0.0314.